The van der Waals surface area contributed by atoms with Gasteiger partial charge in [0.25, 0.3) is 11.8 Å². The maximum atomic E-state index is 14.1. The normalized spacial score (nSPS) is 15.8. The van der Waals surface area contributed by atoms with Crippen LogP contribution in [-0.4, -0.2) is 39.7 Å². The molecule has 1 aliphatic heterocycles. The maximum Gasteiger partial charge on any atom is 0.277 e. The summed E-state index contributed by atoms with van der Waals surface area (Å²) in [6.07, 6.45) is 1.43. The standard InChI is InChI=1S/C19H18F4N6OS/c1-28-18(29-7-3-6-19(22,23)9-29)12(8-25-28)26-16(30)14-15(24)31-17(27-14)13-10(20)4-2-5-11(13)21/h2,4-5,8H,3,6-7,9,24H2,1H3,(H,26,30). The lowest BCUT2D eigenvalue weighted by molar-refractivity contribution is -0.0119. The average Bonchev–Trinajstić information content (AvgIpc) is 3.23. The number of rotatable bonds is 4. The number of nitrogens with zero attached hydrogens (tertiary/aromatic N) is 4. The molecule has 2 aromatic heterocycles. The fourth-order valence-corrected chi connectivity index (χ4v) is 4.40. The summed E-state index contributed by atoms with van der Waals surface area (Å²) in [6, 6.07) is 3.37. The monoisotopic (exact) mass is 454 g/mol. The van der Waals surface area contributed by atoms with Gasteiger partial charge in [-0.15, -0.1) is 0 Å². The Morgan fingerprint density at radius 2 is 2.00 bits per heavy atom. The van der Waals surface area contributed by atoms with Crippen molar-refractivity contribution in [2.24, 2.45) is 7.05 Å². The summed E-state index contributed by atoms with van der Waals surface area (Å²) in [5.41, 5.74) is 5.48. The zero-order valence-corrected chi connectivity index (χ0v) is 17.1. The van der Waals surface area contributed by atoms with Crippen LogP contribution in [0.3, 0.4) is 0 Å². The van der Waals surface area contributed by atoms with Crippen LogP contribution < -0.4 is 16.0 Å². The highest BCUT2D eigenvalue weighted by molar-refractivity contribution is 7.19. The maximum absolute atomic E-state index is 14.1. The molecule has 0 aliphatic carbocycles. The highest BCUT2D eigenvalue weighted by Crippen LogP contribution is 2.36. The molecule has 0 radical (unpaired) electrons. The Balaban J connectivity index is 1.61. The fraction of sp³-hybridized carbons (Fsp3) is 0.316. The van der Waals surface area contributed by atoms with Crippen molar-refractivity contribution in [3.05, 3.63) is 41.7 Å². The highest BCUT2D eigenvalue weighted by Gasteiger charge is 2.37. The molecule has 0 unspecified atom stereocenters. The molecule has 31 heavy (non-hydrogen) atoms. The van der Waals surface area contributed by atoms with E-state index in [1.165, 1.54) is 21.8 Å². The van der Waals surface area contributed by atoms with Gasteiger partial charge >= 0.3 is 0 Å². The van der Waals surface area contributed by atoms with Gasteiger partial charge < -0.3 is 16.0 Å². The van der Waals surface area contributed by atoms with Gasteiger partial charge in [0.05, 0.1) is 18.3 Å². The lowest BCUT2D eigenvalue weighted by Gasteiger charge is -2.34. The first-order valence-electron chi connectivity index (χ1n) is 9.33. The molecule has 3 aromatic rings. The van der Waals surface area contributed by atoms with E-state index in [4.69, 9.17) is 5.73 Å². The second-order valence-corrected chi connectivity index (χ2v) is 8.20. The number of aryl methyl sites for hydroxylation is 1. The predicted molar refractivity (Wildman–Crippen MR) is 109 cm³/mol. The van der Waals surface area contributed by atoms with Crippen LogP contribution in [0.25, 0.3) is 10.6 Å². The van der Waals surface area contributed by atoms with E-state index in [2.05, 4.69) is 15.4 Å². The zero-order chi connectivity index (χ0) is 22.3. The number of nitrogen functional groups attached to an aromatic ring is 1. The van der Waals surface area contributed by atoms with E-state index < -0.39 is 30.0 Å². The Morgan fingerprint density at radius 3 is 2.68 bits per heavy atom. The number of alkyl halides is 2. The number of halogens is 4. The smallest absolute Gasteiger partial charge is 0.277 e. The molecule has 4 rings (SSSR count). The summed E-state index contributed by atoms with van der Waals surface area (Å²) in [6.45, 7) is -0.113. The summed E-state index contributed by atoms with van der Waals surface area (Å²) >= 11 is 0.767. The number of nitrogens with two attached hydrogens (primary N) is 1. The molecular formula is C19H18F4N6OS. The van der Waals surface area contributed by atoms with E-state index in [9.17, 15) is 22.4 Å². The predicted octanol–water partition coefficient (Wildman–Crippen LogP) is 3.89. The molecule has 164 valence electrons. The molecule has 12 heteroatoms. The van der Waals surface area contributed by atoms with E-state index >= 15 is 0 Å². The third-order valence-electron chi connectivity index (χ3n) is 4.89. The van der Waals surface area contributed by atoms with Crippen LogP contribution in [-0.2, 0) is 7.05 Å². The molecule has 0 bridgehead atoms. The number of thiazole rings is 1. The van der Waals surface area contributed by atoms with Crippen LogP contribution in [0.15, 0.2) is 24.4 Å². The number of benzene rings is 1. The van der Waals surface area contributed by atoms with Crippen molar-refractivity contribution in [1.29, 1.82) is 0 Å². The van der Waals surface area contributed by atoms with Crippen LogP contribution in [0.2, 0.25) is 0 Å². The Labute approximate surface area is 178 Å². The van der Waals surface area contributed by atoms with Crippen molar-refractivity contribution in [3.8, 4) is 10.6 Å². The first-order valence-corrected chi connectivity index (χ1v) is 10.1. The third kappa shape index (κ3) is 4.07. The van der Waals surface area contributed by atoms with Crippen molar-refractivity contribution in [2.45, 2.75) is 18.8 Å². The van der Waals surface area contributed by atoms with Crippen LogP contribution >= 0.6 is 11.3 Å². The fourth-order valence-electron chi connectivity index (χ4n) is 3.53. The van der Waals surface area contributed by atoms with Gasteiger partial charge in [-0.05, 0) is 18.6 Å². The highest BCUT2D eigenvalue weighted by atomic mass is 32.1. The number of hydrogen-bond acceptors (Lipinski definition) is 6. The van der Waals surface area contributed by atoms with E-state index in [-0.39, 0.29) is 33.4 Å². The van der Waals surface area contributed by atoms with Gasteiger partial charge in [-0.25, -0.2) is 22.5 Å². The Bertz CT molecular complexity index is 1120. The number of nitrogens with one attached hydrogen (secondary N) is 1. The van der Waals surface area contributed by atoms with Crippen molar-refractivity contribution in [3.63, 3.8) is 0 Å². The molecule has 1 aliphatic rings. The van der Waals surface area contributed by atoms with E-state index in [0.29, 0.717) is 18.8 Å². The summed E-state index contributed by atoms with van der Waals surface area (Å²) in [5, 5.41) is 6.51. The third-order valence-corrected chi connectivity index (χ3v) is 5.80. The molecule has 0 atom stereocenters. The number of carbonyl (C=O) groups is 1. The molecular weight excluding hydrogens is 436 g/mol. The number of piperidine rings is 1. The van der Waals surface area contributed by atoms with Crippen LogP contribution in [0, 0.1) is 11.6 Å². The lowest BCUT2D eigenvalue weighted by atomic mass is 10.1. The van der Waals surface area contributed by atoms with E-state index in [0.717, 1.165) is 23.5 Å². The van der Waals surface area contributed by atoms with Gasteiger partial charge in [0.1, 0.15) is 27.3 Å². The minimum absolute atomic E-state index is 0.0369. The van der Waals surface area contributed by atoms with Crippen molar-refractivity contribution in [2.75, 3.05) is 29.0 Å². The number of hydrogen-bond donors (Lipinski definition) is 2. The summed E-state index contributed by atoms with van der Waals surface area (Å²) < 4.78 is 57.3. The van der Waals surface area contributed by atoms with Gasteiger partial charge in [-0.2, -0.15) is 5.10 Å². The van der Waals surface area contributed by atoms with Gasteiger partial charge in [0.15, 0.2) is 11.5 Å². The first kappa shape index (κ1) is 21.1. The first-order chi connectivity index (χ1) is 14.7. The second-order valence-electron chi connectivity index (χ2n) is 7.17. The minimum Gasteiger partial charge on any atom is -0.389 e. The summed E-state index contributed by atoms with van der Waals surface area (Å²) in [7, 11) is 1.58. The van der Waals surface area contributed by atoms with Crippen molar-refractivity contribution in [1.82, 2.24) is 14.8 Å². The second kappa shape index (κ2) is 7.84. The molecule has 3 N–H and O–H groups in total. The van der Waals surface area contributed by atoms with Crippen LogP contribution in [0.4, 0.5) is 34.1 Å². The van der Waals surface area contributed by atoms with E-state index in [1.807, 2.05) is 0 Å². The lowest BCUT2D eigenvalue weighted by Crippen LogP contribution is -2.43. The molecule has 3 heterocycles. The van der Waals surface area contributed by atoms with Crippen LogP contribution in [0.5, 0.6) is 0 Å². The molecule has 0 spiro atoms. The molecule has 7 nitrogen and oxygen atoms in total. The van der Waals surface area contributed by atoms with Crippen molar-refractivity contribution < 1.29 is 22.4 Å². The number of amides is 1. The molecule has 1 fully saturated rings. The largest absolute Gasteiger partial charge is 0.389 e. The molecule has 0 saturated carbocycles. The summed E-state index contributed by atoms with van der Waals surface area (Å²) in [5.74, 6) is -4.93. The SMILES string of the molecule is Cn1ncc(NC(=O)c2nc(-c3c(F)cccc3F)sc2N)c1N1CCCC(F)(F)C1. The van der Waals surface area contributed by atoms with E-state index in [1.54, 1.807) is 7.05 Å². The Hall–Kier alpha value is -3.15. The van der Waals surface area contributed by atoms with Gasteiger partial charge in [0, 0.05) is 20.0 Å². The molecule has 1 amide bonds. The molecule has 1 saturated heterocycles. The molecule has 1 aromatic carbocycles. The van der Waals surface area contributed by atoms with Gasteiger partial charge in [-0.1, -0.05) is 17.4 Å². The number of carbonyl (C=O) groups excluding carboxylic acids is 1. The number of aromatic nitrogens is 3. The topological polar surface area (TPSA) is 89.1 Å². The van der Waals surface area contributed by atoms with Crippen LogP contribution in [0.1, 0.15) is 23.3 Å². The average molecular weight is 454 g/mol. The van der Waals surface area contributed by atoms with Crippen molar-refractivity contribution >= 4 is 33.8 Å². The number of anilines is 3. The quantitative estimate of drug-likeness (QED) is 0.584. The van der Waals surface area contributed by atoms with Gasteiger partial charge in [-0.3, -0.25) is 9.48 Å². The Morgan fingerprint density at radius 1 is 1.29 bits per heavy atom. The Kier molecular flexibility index (Phi) is 5.33. The zero-order valence-electron chi connectivity index (χ0n) is 16.3. The van der Waals surface area contributed by atoms with Gasteiger partial charge in [0.2, 0.25) is 0 Å². The summed E-state index contributed by atoms with van der Waals surface area (Å²) in [4.78, 5) is 18.2. The minimum atomic E-state index is -2.85.